The number of rotatable bonds is 11. The molecule has 11 nitrogen and oxygen atoms in total. The number of hydrazone groups is 1. The Kier molecular flexibility index (Phi) is 10.6. The van der Waals surface area contributed by atoms with Crippen LogP contribution in [0.4, 0.5) is 35.0 Å². The van der Waals surface area contributed by atoms with Gasteiger partial charge in [-0.1, -0.05) is 32.6 Å². The Hall–Kier alpha value is -4.58. The Morgan fingerprint density at radius 1 is 1.17 bits per heavy atom. The number of amides is 1. The molecule has 4 rings (SSSR count). The molecule has 2 saturated heterocycles. The molecule has 46 heavy (non-hydrogen) atoms. The first-order valence-electron chi connectivity index (χ1n) is 14.9. The summed E-state index contributed by atoms with van der Waals surface area (Å²) in [5.74, 6) is -1.52. The van der Waals surface area contributed by atoms with E-state index in [2.05, 4.69) is 35.4 Å². The van der Waals surface area contributed by atoms with E-state index in [-0.39, 0.29) is 66.4 Å². The molecule has 2 aliphatic heterocycles. The molecule has 2 aliphatic rings. The van der Waals surface area contributed by atoms with Gasteiger partial charge < -0.3 is 14.7 Å². The van der Waals surface area contributed by atoms with E-state index in [1.54, 1.807) is 4.90 Å². The summed E-state index contributed by atoms with van der Waals surface area (Å²) in [5.41, 5.74) is -0.883. The summed E-state index contributed by atoms with van der Waals surface area (Å²) >= 11 is 0. The zero-order valence-electron chi connectivity index (χ0n) is 26.3. The molecular weight excluding hydrogens is 606 g/mol. The van der Waals surface area contributed by atoms with E-state index in [1.165, 1.54) is 43.3 Å². The molecule has 1 amide bonds. The van der Waals surface area contributed by atoms with Crippen molar-refractivity contribution in [3.05, 3.63) is 53.0 Å². The molecule has 1 unspecified atom stereocenters. The van der Waals surface area contributed by atoms with Gasteiger partial charge in [-0.3, -0.25) is 19.5 Å². The molecule has 0 bridgehead atoms. The topological polar surface area (TPSA) is 112 Å². The highest BCUT2D eigenvalue weighted by Gasteiger charge is 2.38. The predicted molar refractivity (Wildman–Crippen MR) is 167 cm³/mol. The van der Waals surface area contributed by atoms with E-state index in [9.17, 15) is 32.4 Å². The summed E-state index contributed by atoms with van der Waals surface area (Å²) in [5, 5.41) is 14.8. The number of piperazine rings is 1. The van der Waals surface area contributed by atoms with Crippen LogP contribution in [0.5, 0.6) is 0 Å². The van der Waals surface area contributed by atoms with Gasteiger partial charge in [-0.15, -0.1) is 0 Å². The first-order chi connectivity index (χ1) is 21.8. The maximum atomic E-state index is 13.9. The van der Waals surface area contributed by atoms with Crippen LogP contribution < -0.4 is 14.8 Å². The number of nitrogens with zero attached hydrogens (tertiary/aromatic N) is 9. The normalized spacial score (nSPS) is 17.3. The zero-order valence-corrected chi connectivity index (χ0v) is 26.3. The van der Waals surface area contributed by atoms with Crippen molar-refractivity contribution in [2.75, 3.05) is 67.7 Å². The van der Waals surface area contributed by atoms with Crippen molar-refractivity contribution in [3.8, 4) is 6.07 Å². The van der Waals surface area contributed by atoms with Crippen LogP contribution in [0, 0.1) is 18.3 Å². The third kappa shape index (κ3) is 7.12. The number of halogens is 4. The summed E-state index contributed by atoms with van der Waals surface area (Å²) in [4.78, 5) is 41.4. The third-order valence-electron chi connectivity index (χ3n) is 8.37. The molecule has 1 aromatic heterocycles. The average Bonchev–Trinajstić information content (AvgIpc) is 3.00. The van der Waals surface area contributed by atoms with Crippen LogP contribution >= 0.6 is 0 Å². The number of aldehydes is 1. The van der Waals surface area contributed by atoms with Gasteiger partial charge in [0.05, 0.1) is 41.6 Å². The number of carbonyl (C=O) groups excluding carboxylic acids is 2. The van der Waals surface area contributed by atoms with Gasteiger partial charge in [-0.05, 0) is 31.6 Å². The van der Waals surface area contributed by atoms with Gasteiger partial charge >= 0.3 is 6.18 Å². The maximum Gasteiger partial charge on any atom is 0.418 e. The SMILES string of the molecule is C=C(F)C(=O)N1CCN(c2nc(N3CC(N(CC)CC)C3)nc(C=O)c2/C=N\N(C)c2cccc(C)c2C(F)(F)F)CC1CC#N. The Morgan fingerprint density at radius 3 is 2.46 bits per heavy atom. The van der Waals surface area contributed by atoms with Crippen molar-refractivity contribution in [1.29, 1.82) is 5.26 Å². The minimum Gasteiger partial charge on any atom is -0.352 e. The lowest BCUT2D eigenvalue weighted by atomic mass is 10.1. The molecule has 0 spiro atoms. The fraction of sp³-hybridized carbons (Fsp3) is 0.484. The highest BCUT2D eigenvalue weighted by molar-refractivity contribution is 5.97. The highest BCUT2D eigenvalue weighted by Crippen LogP contribution is 2.39. The van der Waals surface area contributed by atoms with Crippen LogP contribution in [0.1, 0.15) is 47.4 Å². The minimum atomic E-state index is -4.63. The fourth-order valence-electron chi connectivity index (χ4n) is 5.90. The number of alkyl halides is 3. The molecule has 0 radical (unpaired) electrons. The van der Waals surface area contributed by atoms with E-state index in [0.717, 1.165) is 18.1 Å². The van der Waals surface area contributed by atoms with Crippen LogP contribution in [-0.2, 0) is 11.0 Å². The lowest BCUT2D eigenvalue weighted by Gasteiger charge is -2.45. The maximum absolute atomic E-state index is 13.9. The van der Waals surface area contributed by atoms with Crippen LogP contribution in [0.2, 0.25) is 0 Å². The van der Waals surface area contributed by atoms with E-state index in [1.807, 2.05) is 11.0 Å². The molecule has 1 atom stereocenters. The van der Waals surface area contributed by atoms with Crippen LogP contribution in [0.15, 0.2) is 35.7 Å². The number of carbonyl (C=O) groups is 2. The zero-order chi connectivity index (χ0) is 33.8. The number of anilines is 3. The van der Waals surface area contributed by atoms with E-state index < -0.39 is 29.5 Å². The van der Waals surface area contributed by atoms with Gasteiger partial charge in [0.25, 0.3) is 5.91 Å². The van der Waals surface area contributed by atoms with Crippen molar-refractivity contribution in [2.24, 2.45) is 5.10 Å². The van der Waals surface area contributed by atoms with E-state index >= 15 is 0 Å². The van der Waals surface area contributed by atoms with Crippen molar-refractivity contribution in [1.82, 2.24) is 19.8 Å². The summed E-state index contributed by atoms with van der Waals surface area (Å²) in [6, 6.07) is 5.73. The largest absolute Gasteiger partial charge is 0.418 e. The number of aryl methyl sites for hydroxylation is 1. The third-order valence-corrected chi connectivity index (χ3v) is 8.37. The van der Waals surface area contributed by atoms with Gasteiger partial charge in [-0.25, -0.2) is 9.37 Å². The smallest absolute Gasteiger partial charge is 0.352 e. The monoisotopic (exact) mass is 643 g/mol. The standard InChI is InChI=1S/C31H37F4N9O2/c1-6-41(7-2)23-17-43(18-23)30-38-25(19-45)24(15-37-40(5)26-10-8-9-20(3)27(26)31(33,34)35)28(39-30)42-13-14-44(29(46)21(4)32)22(16-42)11-12-36/h8-10,15,19,22-23H,4,6-7,11,13-14,16-18H2,1-3,5H3/b37-15-. The first kappa shape index (κ1) is 34.3. The Bertz CT molecular complexity index is 1530. The Morgan fingerprint density at radius 2 is 1.87 bits per heavy atom. The lowest BCUT2D eigenvalue weighted by molar-refractivity contribution is -0.137. The molecule has 2 aromatic rings. The molecule has 3 heterocycles. The van der Waals surface area contributed by atoms with Crippen molar-refractivity contribution in [2.45, 2.75) is 45.5 Å². The number of hydrogen-bond acceptors (Lipinski definition) is 10. The number of aromatic nitrogens is 2. The minimum absolute atomic E-state index is 0.0264. The second-order valence-corrected chi connectivity index (χ2v) is 11.1. The van der Waals surface area contributed by atoms with Gasteiger partial charge in [0, 0.05) is 45.8 Å². The van der Waals surface area contributed by atoms with Crippen LogP contribution in [0.3, 0.4) is 0 Å². The molecule has 2 fully saturated rings. The van der Waals surface area contributed by atoms with Crippen molar-refractivity contribution < 1.29 is 27.2 Å². The van der Waals surface area contributed by atoms with E-state index in [0.29, 0.717) is 19.4 Å². The Labute approximate surface area is 265 Å². The van der Waals surface area contributed by atoms with Gasteiger partial charge in [0.2, 0.25) is 5.95 Å². The second kappa shape index (κ2) is 14.2. The average molecular weight is 644 g/mol. The van der Waals surface area contributed by atoms with Crippen molar-refractivity contribution in [3.63, 3.8) is 0 Å². The molecular formula is C31H37F4N9O2. The second-order valence-electron chi connectivity index (χ2n) is 11.1. The molecule has 246 valence electrons. The Balaban J connectivity index is 1.76. The lowest BCUT2D eigenvalue weighted by Crippen LogP contribution is -2.60. The van der Waals surface area contributed by atoms with Crippen molar-refractivity contribution >= 4 is 35.9 Å². The van der Waals surface area contributed by atoms with E-state index in [4.69, 9.17) is 4.98 Å². The first-order valence-corrected chi connectivity index (χ1v) is 14.9. The fourth-order valence-corrected chi connectivity index (χ4v) is 5.90. The molecule has 0 aliphatic carbocycles. The number of likely N-dealkylation sites (N-methyl/N-ethyl adjacent to an activating group) is 1. The van der Waals surface area contributed by atoms with Gasteiger partial charge in [0.15, 0.2) is 12.1 Å². The summed E-state index contributed by atoms with van der Waals surface area (Å²) in [6.07, 6.45) is -2.97. The highest BCUT2D eigenvalue weighted by atomic mass is 19.4. The molecule has 0 N–H and O–H groups in total. The van der Waals surface area contributed by atoms with Crippen LogP contribution in [-0.4, -0.2) is 103 Å². The summed E-state index contributed by atoms with van der Waals surface area (Å²) in [6.45, 7) is 11.9. The summed E-state index contributed by atoms with van der Waals surface area (Å²) < 4.78 is 55.6. The van der Waals surface area contributed by atoms with Gasteiger partial charge in [0.1, 0.15) is 11.5 Å². The number of benzene rings is 1. The molecule has 0 saturated carbocycles. The molecule has 1 aromatic carbocycles. The number of nitriles is 1. The molecule has 15 heteroatoms. The quantitative estimate of drug-likeness (QED) is 0.118. The predicted octanol–water partition coefficient (Wildman–Crippen LogP) is 4.03. The summed E-state index contributed by atoms with van der Waals surface area (Å²) in [7, 11) is 1.36. The van der Waals surface area contributed by atoms with Gasteiger partial charge in [-0.2, -0.15) is 28.5 Å². The van der Waals surface area contributed by atoms with Crippen LogP contribution in [0.25, 0.3) is 0 Å². The number of hydrogen-bond donors (Lipinski definition) is 0.